The van der Waals surface area contributed by atoms with Gasteiger partial charge in [0.2, 0.25) is 0 Å². The number of hydrogen-bond donors (Lipinski definition) is 0. The lowest BCUT2D eigenvalue weighted by Gasteiger charge is -2.46. The molecule has 54 heavy (non-hydrogen) atoms. The third kappa shape index (κ3) is 5.02. The summed E-state index contributed by atoms with van der Waals surface area (Å²) in [6.07, 6.45) is 19.3. The van der Waals surface area contributed by atoms with Crippen molar-refractivity contribution < 1.29 is 0 Å². The molecule has 4 aliphatic rings. The molecule has 0 saturated carbocycles. The summed E-state index contributed by atoms with van der Waals surface area (Å²) in [5.74, 6) is 0. The first kappa shape index (κ1) is 33.1. The van der Waals surface area contributed by atoms with Gasteiger partial charge in [0.05, 0.1) is 22.8 Å². The van der Waals surface area contributed by atoms with Crippen molar-refractivity contribution in [3.63, 3.8) is 0 Å². The molecule has 0 spiro atoms. The summed E-state index contributed by atoms with van der Waals surface area (Å²) in [6, 6.07) is 37.9. The summed E-state index contributed by atoms with van der Waals surface area (Å²) >= 11 is 0. The molecular formula is C50H48BN3. The van der Waals surface area contributed by atoms with Gasteiger partial charge in [-0.15, -0.1) is 0 Å². The molecule has 0 N–H and O–H groups in total. The van der Waals surface area contributed by atoms with Crippen molar-refractivity contribution in [2.75, 3.05) is 9.80 Å². The van der Waals surface area contributed by atoms with Crippen LogP contribution in [0, 0.1) is 0 Å². The van der Waals surface area contributed by atoms with Crippen LogP contribution < -0.4 is 26.2 Å². The zero-order chi connectivity index (χ0) is 36.9. The van der Waals surface area contributed by atoms with Gasteiger partial charge in [0.15, 0.2) is 0 Å². The highest BCUT2D eigenvalue weighted by atomic mass is 15.2. The zero-order valence-corrected chi connectivity index (χ0v) is 32.4. The molecule has 6 aromatic rings. The Bertz CT molecular complexity index is 2560. The molecule has 3 nitrogen and oxygen atoms in total. The third-order valence-electron chi connectivity index (χ3n) is 12.2. The standard InChI is InChI=1S/C50H48BN3/c1-49(2,3)33-25-27-42-38(29-33)39-30-34(50(4,5)6)26-28-43(39)54(42)37-31-46-48-47(32-37)53(36-19-11-8-12-20-36)45-24-16-14-22-41(45)51(48)40-21-13-15-23-44(40)52(46)35-17-9-7-10-18-35/h7,9-11,13-17,19-32,35H,8,12,18H2,1-6H3. The largest absolute Gasteiger partial charge is 0.335 e. The molecule has 5 aromatic carbocycles. The Morgan fingerprint density at radius 2 is 1.24 bits per heavy atom. The first-order valence-corrected chi connectivity index (χ1v) is 19.8. The highest BCUT2D eigenvalue weighted by molar-refractivity contribution is 7.00. The predicted molar refractivity (Wildman–Crippen MR) is 233 cm³/mol. The molecule has 3 heterocycles. The molecule has 0 fully saturated rings. The number of fused-ring (bicyclic) bond motifs is 7. The maximum Gasteiger partial charge on any atom is 0.252 e. The Kier molecular flexibility index (Phi) is 7.37. The highest BCUT2D eigenvalue weighted by Gasteiger charge is 2.44. The van der Waals surface area contributed by atoms with Gasteiger partial charge < -0.3 is 14.4 Å². The van der Waals surface area contributed by atoms with Gasteiger partial charge in [0.25, 0.3) is 6.71 Å². The van der Waals surface area contributed by atoms with E-state index in [-0.39, 0.29) is 23.6 Å². The fourth-order valence-electron chi connectivity index (χ4n) is 9.44. The molecule has 0 amide bonds. The van der Waals surface area contributed by atoms with E-state index in [0.29, 0.717) is 0 Å². The Morgan fingerprint density at radius 3 is 1.85 bits per heavy atom. The SMILES string of the molecule is CC(C)(C)c1ccc2c(c1)c1cc(C(C)(C)C)ccc1n2-c1cc2c3c(c1)N(C1C=CC=CC1)c1ccccc1B3c1ccccc1N2C1=CCCC=C1. The monoisotopic (exact) mass is 701 g/mol. The smallest absolute Gasteiger partial charge is 0.252 e. The molecule has 1 unspecified atom stereocenters. The maximum atomic E-state index is 2.65. The molecule has 10 rings (SSSR count). The summed E-state index contributed by atoms with van der Waals surface area (Å²) in [7, 11) is 0. The van der Waals surface area contributed by atoms with Gasteiger partial charge in [0, 0.05) is 39.2 Å². The molecule has 4 heteroatoms. The van der Waals surface area contributed by atoms with Gasteiger partial charge in [-0.1, -0.05) is 127 Å². The van der Waals surface area contributed by atoms with Crippen LogP contribution in [0.4, 0.5) is 22.7 Å². The fraction of sp³-hybridized carbons (Fsp3) is 0.240. The van der Waals surface area contributed by atoms with Crippen LogP contribution in [-0.2, 0) is 10.8 Å². The Labute approximate surface area is 320 Å². The molecule has 266 valence electrons. The van der Waals surface area contributed by atoms with E-state index in [1.807, 2.05) is 0 Å². The molecule has 0 radical (unpaired) electrons. The lowest BCUT2D eigenvalue weighted by atomic mass is 9.33. The molecule has 0 saturated heterocycles. The minimum absolute atomic E-state index is 0.0419. The summed E-state index contributed by atoms with van der Waals surface area (Å²) in [5.41, 5.74) is 17.0. The van der Waals surface area contributed by atoms with E-state index in [1.54, 1.807) is 0 Å². The lowest BCUT2D eigenvalue weighted by Crippen LogP contribution is -2.63. The van der Waals surface area contributed by atoms with Crippen LogP contribution in [0.3, 0.4) is 0 Å². The number of aromatic nitrogens is 1. The number of allylic oxidation sites excluding steroid dienone is 5. The van der Waals surface area contributed by atoms with Crippen LogP contribution >= 0.6 is 0 Å². The summed E-state index contributed by atoms with van der Waals surface area (Å²) < 4.78 is 2.55. The second-order valence-corrected chi connectivity index (χ2v) is 17.7. The number of anilines is 4. The fourth-order valence-corrected chi connectivity index (χ4v) is 9.44. The normalized spacial score (nSPS) is 17.6. The van der Waals surface area contributed by atoms with Crippen LogP contribution in [0.1, 0.15) is 71.9 Å². The van der Waals surface area contributed by atoms with Crippen molar-refractivity contribution in [3.05, 3.63) is 156 Å². The zero-order valence-electron chi connectivity index (χ0n) is 32.4. The van der Waals surface area contributed by atoms with Crippen LogP contribution in [0.15, 0.2) is 145 Å². The van der Waals surface area contributed by atoms with Crippen molar-refractivity contribution in [2.24, 2.45) is 0 Å². The van der Waals surface area contributed by atoms with Gasteiger partial charge >= 0.3 is 0 Å². The minimum atomic E-state index is 0.0419. The van der Waals surface area contributed by atoms with E-state index in [4.69, 9.17) is 0 Å². The number of hydrogen-bond acceptors (Lipinski definition) is 2. The average molecular weight is 702 g/mol. The minimum Gasteiger partial charge on any atom is -0.335 e. The highest BCUT2D eigenvalue weighted by Crippen LogP contribution is 2.45. The van der Waals surface area contributed by atoms with E-state index in [0.717, 1.165) is 19.3 Å². The molecule has 1 atom stereocenters. The van der Waals surface area contributed by atoms with E-state index in [1.165, 1.54) is 83.5 Å². The molecule has 2 aliphatic heterocycles. The molecule has 2 aliphatic carbocycles. The number of nitrogens with zero attached hydrogens (tertiary/aromatic N) is 3. The van der Waals surface area contributed by atoms with E-state index in [9.17, 15) is 0 Å². The number of benzene rings is 5. The maximum absolute atomic E-state index is 2.65. The van der Waals surface area contributed by atoms with Crippen LogP contribution in [0.5, 0.6) is 0 Å². The quantitative estimate of drug-likeness (QED) is 0.170. The lowest BCUT2D eigenvalue weighted by molar-refractivity contribution is 0.590. The summed E-state index contributed by atoms with van der Waals surface area (Å²) in [5, 5.41) is 2.63. The Balaban J connectivity index is 1.33. The first-order valence-electron chi connectivity index (χ1n) is 19.8. The predicted octanol–water partition coefficient (Wildman–Crippen LogP) is 10.9. The second-order valence-electron chi connectivity index (χ2n) is 17.7. The van der Waals surface area contributed by atoms with Gasteiger partial charge in [-0.2, -0.15) is 0 Å². The van der Waals surface area contributed by atoms with Crippen LogP contribution in [0.25, 0.3) is 27.5 Å². The molecule has 0 bridgehead atoms. The van der Waals surface area contributed by atoms with Gasteiger partial charge in [0.1, 0.15) is 0 Å². The Morgan fingerprint density at radius 1 is 0.611 bits per heavy atom. The molecule has 1 aromatic heterocycles. The van der Waals surface area contributed by atoms with Crippen molar-refractivity contribution >= 4 is 67.7 Å². The number of para-hydroxylation sites is 2. The topological polar surface area (TPSA) is 11.4 Å². The third-order valence-corrected chi connectivity index (χ3v) is 12.2. The second kappa shape index (κ2) is 12.0. The van der Waals surface area contributed by atoms with E-state index >= 15 is 0 Å². The van der Waals surface area contributed by atoms with Crippen molar-refractivity contribution in [3.8, 4) is 5.69 Å². The van der Waals surface area contributed by atoms with Gasteiger partial charge in [-0.3, -0.25) is 0 Å². The van der Waals surface area contributed by atoms with Crippen LogP contribution in [-0.4, -0.2) is 17.3 Å². The number of rotatable bonds is 3. The van der Waals surface area contributed by atoms with Crippen molar-refractivity contribution in [1.82, 2.24) is 4.57 Å². The Hall–Kier alpha value is -5.48. The summed E-state index contributed by atoms with van der Waals surface area (Å²) in [6.45, 7) is 14.0. The van der Waals surface area contributed by atoms with Crippen molar-refractivity contribution in [1.29, 1.82) is 0 Å². The average Bonchev–Trinajstić information content (AvgIpc) is 3.51. The van der Waals surface area contributed by atoms with Crippen molar-refractivity contribution in [2.45, 2.75) is 77.7 Å². The van der Waals surface area contributed by atoms with E-state index < -0.39 is 0 Å². The van der Waals surface area contributed by atoms with Gasteiger partial charge in [-0.25, -0.2) is 0 Å². The van der Waals surface area contributed by atoms with Crippen LogP contribution in [0.2, 0.25) is 0 Å². The molecular weight excluding hydrogens is 653 g/mol. The first-order chi connectivity index (χ1) is 26.1. The summed E-state index contributed by atoms with van der Waals surface area (Å²) in [4.78, 5) is 5.21. The van der Waals surface area contributed by atoms with Gasteiger partial charge in [-0.05, 0) is 112 Å². The van der Waals surface area contributed by atoms with E-state index in [2.05, 4.69) is 196 Å².